The molecule has 0 saturated carbocycles. The molecule has 4 aromatic rings. The number of nitrogens with one attached hydrogen (secondary N) is 1. The number of carbonyl (C=O) groups is 1. The van der Waals surface area contributed by atoms with E-state index in [0.29, 0.717) is 17.2 Å². The molecule has 7 nitrogen and oxygen atoms in total. The zero-order valence-electron chi connectivity index (χ0n) is 17.7. The second kappa shape index (κ2) is 9.61. The fourth-order valence-electron chi connectivity index (χ4n) is 3.18. The summed E-state index contributed by atoms with van der Waals surface area (Å²) in [5.74, 6) is 0.892. The monoisotopic (exact) mass is 426 g/mol. The van der Waals surface area contributed by atoms with Crippen LogP contribution in [0.3, 0.4) is 0 Å². The summed E-state index contributed by atoms with van der Waals surface area (Å²) in [4.78, 5) is 16.8. The molecule has 32 heavy (non-hydrogen) atoms. The minimum atomic E-state index is -0.287. The maximum absolute atomic E-state index is 12.6. The van der Waals surface area contributed by atoms with Crippen LogP contribution in [0.1, 0.15) is 5.56 Å². The fourth-order valence-corrected chi connectivity index (χ4v) is 3.18. The van der Waals surface area contributed by atoms with Gasteiger partial charge in [0.2, 0.25) is 5.91 Å². The predicted molar refractivity (Wildman–Crippen MR) is 124 cm³/mol. The van der Waals surface area contributed by atoms with Gasteiger partial charge >= 0.3 is 0 Å². The van der Waals surface area contributed by atoms with Crippen molar-refractivity contribution in [2.24, 2.45) is 0 Å². The average molecular weight is 426 g/mol. The highest BCUT2D eigenvalue weighted by molar-refractivity contribution is 6.02. The van der Waals surface area contributed by atoms with Crippen LogP contribution in [0.5, 0.6) is 11.5 Å². The summed E-state index contributed by atoms with van der Waals surface area (Å²) in [6, 6.07) is 18.8. The van der Waals surface area contributed by atoms with Gasteiger partial charge in [0, 0.05) is 59.7 Å². The molecule has 0 saturated heterocycles. The summed E-state index contributed by atoms with van der Waals surface area (Å²) in [7, 11) is 3.12. The minimum Gasteiger partial charge on any atom is -0.497 e. The number of para-hydroxylation sites is 1. The molecule has 0 spiro atoms. The lowest BCUT2D eigenvalue weighted by atomic mass is 10.1. The molecule has 2 heterocycles. The molecule has 7 heteroatoms. The lowest BCUT2D eigenvalue weighted by molar-refractivity contribution is -0.111. The molecule has 1 N–H and O–H groups in total. The van der Waals surface area contributed by atoms with Crippen molar-refractivity contribution in [3.05, 3.63) is 90.9 Å². The Morgan fingerprint density at radius 3 is 2.41 bits per heavy atom. The number of ether oxygens (including phenoxy) is 2. The van der Waals surface area contributed by atoms with Gasteiger partial charge in [0.25, 0.3) is 0 Å². The van der Waals surface area contributed by atoms with Gasteiger partial charge in [0.05, 0.1) is 19.9 Å². The van der Waals surface area contributed by atoms with Gasteiger partial charge < -0.3 is 14.8 Å². The Balaban J connectivity index is 1.62. The van der Waals surface area contributed by atoms with Gasteiger partial charge in [-0.25, -0.2) is 4.68 Å². The van der Waals surface area contributed by atoms with E-state index in [2.05, 4.69) is 10.3 Å². The highest BCUT2D eigenvalue weighted by Gasteiger charge is 2.11. The van der Waals surface area contributed by atoms with Crippen LogP contribution >= 0.6 is 0 Å². The predicted octanol–water partition coefficient (Wildman–Crippen LogP) is 4.60. The fraction of sp³-hybridized carbons (Fsp3) is 0.0800. The molecule has 1 amide bonds. The van der Waals surface area contributed by atoms with E-state index in [4.69, 9.17) is 14.6 Å². The van der Waals surface area contributed by atoms with E-state index in [9.17, 15) is 4.79 Å². The van der Waals surface area contributed by atoms with Gasteiger partial charge in [-0.2, -0.15) is 5.10 Å². The smallest absolute Gasteiger partial charge is 0.248 e. The third-order valence-electron chi connectivity index (χ3n) is 4.73. The van der Waals surface area contributed by atoms with Crippen LogP contribution in [0.2, 0.25) is 0 Å². The molecule has 2 aromatic carbocycles. The number of nitrogens with zero attached hydrogens (tertiary/aromatic N) is 3. The largest absolute Gasteiger partial charge is 0.497 e. The Hall–Kier alpha value is -4.39. The summed E-state index contributed by atoms with van der Waals surface area (Å²) < 4.78 is 12.3. The molecule has 0 aliphatic heterocycles. The first-order chi connectivity index (χ1) is 15.7. The number of aromatic nitrogens is 3. The third-order valence-corrected chi connectivity index (χ3v) is 4.73. The summed E-state index contributed by atoms with van der Waals surface area (Å²) in [6.45, 7) is 0. The van der Waals surface area contributed by atoms with Crippen LogP contribution in [-0.2, 0) is 4.79 Å². The highest BCUT2D eigenvalue weighted by Crippen LogP contribution is 2.26. The first kappa shape index (κ1) is 20.9. The number of methoxy groups -OCH3 is 2. The van der Waals surface area contributed by atoms with Crippen molar-refractivity contribution in [2.45, 2.75) is 0 Å². The SMILES string of the molecule is COc1cc(NC(=O)/C=C/c2cn(-c3ccccc3)nc2-c2cccnc2)cc(OC)c1. The normalized spacial score (nSPS) is 10.8. The molecule has 4 rings (SSSR count). The third kappa shape index (κ3) is 4.84. The molecule has 0 aliphatic rings. The number of anilines is 1. The summed E-state index contributed by atoms with van der Waals surface area (Å²) in [6.07, 6.45) is 8.55. The van der Waals surface area contributed by atoms with E-state index in [1.807, 2.05) is 48.7 Å². The summed E-state index contributed by atoms with van der Waals surface area (Å²) >= 11 is 0. The van der Waals surface area contributed by atoms with E-state index in [-0.39, 0.29) is 5.91 Å². The van der Waals surface area contributed by atoms with Crippen molar-refractivity contribution >= 4 is 17.7 Å². The Morgan fingerprint density at radius 1 is 1.00 bits per heavy atom. The number of amides is 1. The van der Waals surface area contributed by atoms with E-state index in [0.717, 1.165) is 22.5 Å². The van der Waals surface area contributed by atoms with Crippen molar-refractivity contribution in [2.75, 3.05) is 19.5 Å². The highest BCUT2D eigenvalue weighted by atomic mass is 16.5. The number of hydrogen-bond acceptors (Lipinski definition) is 5. The van der Waals surface area contributed by atoms with Crippen molar-refractivity contribution in [3.8, 4) is 28.4 Å². The molecule has 0 aliphatic carbocycles. The van der Waals surface area contributed by atoms with E-state index in [1.54, 1.807) is 55.6 Å². The lowest BCUT2D eigenvalue weighted by Crippen LogP contribution is -2.08. The number of benzene rings is 2. The Labute approximate surface area is 186 Å². The molecular weight excluding hydrogens is 404 g/mol. The van der Waals surface area contributed by atoms with E-state index >= 15 is 0 Å². The molecule has 0 atom stereocenters. The van der Waals surface area contributed by atoms with Crippen molar-refractivity contribution in [1.82, 2.24) is 14.8 Å². The van der Waals surface area contributed by atoms with Crippen LogP contribution in [0, 0.1) is 0 Å². The van der Waals surface area contributed by atoms with Crippen LogP contribution in [0.15, 0.2) is 85.3 Å². The number of hydrogen-bond donors (Lipinski definition) is 1. The topological polar surface area (TPSA) is 78.3 Å². The summed E-state index contributed by atoms with van der Waals surface area (Å²) in [5.41, 5.74) is 3.88. The van der Waals surface area contributed by atoms with Crippen LogP contribution in [0.25, 0.3) is 23.0 Å². The maximum Gasteiger partial charge on any atom is 0.248 e. The van der Waals surface area contributed by atoms with E-state index < -0.39 is 0 Å². The van der Waals surface area contributed by atoms with Crippen LogP contribution in [0.4, 0.5) is 5.69 Å². The van der Waals surface area contributed by atoms with Crippen LogP contribution < -0.4 is 14.8 Å². The van der Waals surface area contributed by atoms with Crippen molar-refractivity contribution < 1.29 is 14.3 Å². The van der Waals surface area contributed by atoms with Gasteiger partial charge in [-0.1, -0.05) is 18.2 Å². The molecule has 0 radical (unpaired) electrons. The molecule has 0 unspecified atom stereocenters. The molecule has 0 bridgehead atoms. The zero-order chi connectivity index (χ0) is 22.3. The van der Waals surface area contributed by atoms with Gasteiger partial charge in [-0.3, -0.25) is 9.78 Å². The van der Waals surface area contributed by atoms with Gasteiger partial charge in [0.1, 0.15) is 17.2 Å². The molecular formula is C25H22N4O3. The molecule has 0 fully saturated rings. The number of pyridine rings is 1. The van der Waals surface area contributed by atoms with Crippen LogP contribution in [-0.4, -0.2) is 34.9 Å². The van der Waals surface area contributed by atoms with Gasteiger partial charge in [-0.15, -0.1) is 0 Å². The first-order valence-corrected chi connectivity index (χ1v) is 9.94. The van der Waals surface area contributed by atoms with Crippen molar-refractivity contribution in [3.63, 3.8) is 0 Å². The van der Waals surface area contributed by atoms with Gasteiger partial charge in [-0.05, 0) is 30.3 Å². The van der Waals surface area contributed by atoms with Crippen molar-refractivity contribution in [1.29, 1.82) is 0 Å². The standard InChI is InChI=1S/C25H22N4O3/c1-31-22-13-20(14-23(15-22)32-2)27-24(30)11-10-19-17-29(21-8-4-3-5-9-21)28-25(19)18-7-6-12-26-16-18/h3-17H,1-2H3,(H,27,30)/b11-10+. The second-order valence-corrected chi connectivity index (χ2v) is 6.88. The van der Waals surface area contributed by atoms with E-state index in [1.165, 1.54) is 6.08 Å². The minimum absolute atomic E-state index is 0.287. The quantitative estimate of drug-likeness (QED) is 0.437. The Bertz CT molecular complexity index is 1210. The van der Waals surface area contributed by atoms with Gasteiger partial charge in [0.15, 0.2) is 0 Å². The zero-order valence-corrected chi connectivity index (χ0v) is 17.7. The molecule has 2 aromatic heterocycles. The Morgan fingerprint density at radius 2 is 1.75 bits per heavy atom. The average Bonchev–Trinajstić information content (AvgIpc) is 3.28. The number of rotatable bonds is 7. The second-order valence-electron chi connectivity index (χ2n) is 6.88. The Kier molecular flexibility index (Phi) is 6.27. The lowest BCUT2D eigenvalue weighted by Gasteiger charge is -2.08. The maximum atomic E-state index is 12.6. The molecule has 160 valence electrons. The number of carbonyl (C=O) groups excluding carboxylic acids is 1. The first-order valence-electron chi connectivity index (χ1n) is 9.94. The summed E-state index contributed by atoms with van der Waals surface area (Å²) in [5, 5.41) is 7.55.